The first-order valence-corrected chi connectivity index (χ1v) is 6.18. The van der Waals surface area contributed by atoms with Crippen molar-refractivity contribution in [3.63, 3.8) is 0 Å². The smallest absolute Gasteiger partial charge is 0.230 e. The summed E-state index contributed by atoms with van der Waals surface area (Å²) in [4.78, 5) is 11.6. The molecule has 92 valence electrons. The number of carbonyl (C=O) groups excluding carboxylic acids is 1. The topological polar surface area (TPSA) is 20.3 Å². The maximum atomic E-state index is 11.6. The molecule has 18 heavy (non-hydrogen) atoms. The lowest BCUT2D eigenvalue weighted by molar-refractivity contribution is -0.124. The molecule has 0 unspecified atom stereocenters. The summed E-state index contributed by atoms with van der Waals surface area (Å²) in [5, 5.41) is 0. The van der Waals surface area contributed by atoms with E-state index in [0.717, 1.165) is 11.1 Å². The second-order valence-corrected chi connectivity index (χ2v) is 4.52. The standard InChI is InChI=1S/C15H15NOS/c1-12(17)16(18)15(13-8-4-2-5-9-13)14-10-6-3-7-11-14/h2-11,15,18H,1H3. The molecular weight excluding hydrogens is 242 g/mol. The quantitative estimate of drug-likeness (QED) is 0.835. The molecule has 0 bridgehead atoms. The van der Waals surface area contributed by atoms with Crippen LogP contribution in [0.4, 0.5) is 0 Å². The fourth-order valence-electron chi connectivity index (χ4n) is 1.93. The molecule has 0 aromatic heterocycles. The third kappa shape index (κ3) is 2.74. The van der Waals surface area contributed by atoms with Crippen LogP contribution in [-0.4, -0.2) is 10.2 Å². The van der Waals surface area contributed by atoms with E-state index in [1.54, 1.807) is 0 Å². The van der Waals surface area contributed by atoms with Crippen molar-refractivity contribution in [3.8, 4) is 0 Å². The van der Waals surface area contributed by atoms with Crippen molar-refractivity contribution in [2.75, 3.05) is 0 Å². The Bertz CT molecular complexity index is 473. The summed E-state index contributed by atoms with van der Waals surface area (Å²) in [5.41, 5.74) is 2.10. The minimum absolute atomic E-state index is 0.0731. The van der Waals surface area contributed by atoms with Crippen LogP contribution in [0.2, 0.25) is 0 Å². The van der Waals surface area contributed by atoms with Crippen LogP contribution in [0.1, 0.15) is 24.1 Å². The Balaban J connectivity index is 2.45. The lowest BCUT2D eigenvalue weighted by Crippen LogP contribution is -2.25. The van der Waals surface area contributed by atoms with Gasteiger partial charge in [0, 0.05) is 6.92 Å². The van der Waals surface area contributed by atoms with E-state index < -0.39 is 0 Å². The maximum absolute atomic E-state index is 11.6. The summed E-state index contributed by atoms with van der Waals surface area (Å²) in [6.45, 7) is 1.52. The Labute approximate surface area is 113 Å². The third-order valence-electron chi connectivity index (χ3n) is 2.80. The zero-order valence-electron chi connectivity index (χ0n) is 10.2. The normalized spacial score (nSPS) is 10.4. The lowest BCUT2D eigenvalue weighted by Gasteiger charge is -2.26. The summed E-state index contributed by atoms with van der Waals surface area (Å²) in [6, 6.07) is 19.6. The van der Waals surface area contributed by atoms with E-state index in [4.69, 9.17) is 0 Å². The Hall–Kier alpha value is -1.74. The first kappa shape index (κ1) is 12.7. The first-order chi connectivity index (χ1) is 8.70. The molecule has 1 amide bonds. The van der Waals surface area contributed by atoms with Crippen LogP contribution in [0, 0.1) is 0 Å². The van der Waals surface area contributed by atoms with Gasteiger partial charge in [-0.3, -0.25) is 9.10 Å². The van der Waals surface area contributed by atoms with Crippen molar-refractivity contribution in [3.05, 3.63) is 71.8 Å². The number of benzene rings is 2. The lowest BCUT2D eigenvalue weighted by atomic mass is 9.99. The van der Waals surface area contributed by atoms with Crippen molar-refractivity contribution in [2.24, 2.45) is 0 Å². The SMILES string of the molecule is CC(=O)N(S)C(c1ccccc1)c1ccccc1. The van der Waals surface area contributed by atoms with Gasteiger partial charge in [0.25, 0.3) is 0 Å². The molecule has 0 heterocycles. The van der Waals surface area contributed by atoms with Gasteiger partial charge in [0.15, 0.2) is 0 Å². The van der Waals surface area contributed by atoms with Crippen molar-refractivity contribution in [2.45, 2.75) is 13.0 Å². The van der Waals surface area contributed by atoms with E-state index >= 15 is 0 Å². The summed E-state index contributed by atoms with van der Waals surface area (Å²) in [5.74, 6) is -0.0731. The number of rotatable bonds is 3. The minimum Gasteiger partial charge on any atom is -0.277 e. The van der Waals surface area contributed by atoms with Gasteiger partial charge in [0.05, 0.1) is 6.04 Å². The molecular formula is C15H15NOS. The van der Waals surface area contributed by atoms with Gasteiger partial charge in [-0.15, -0.1) is 0 Å². The van der Waals surface area contributed by atoms with Gasteiger partial charge in [-0.05, 0) is 11.1 Å². The van der Waals surface area contributed by atoms with E-state index in [1.807, 2.05) is 60.7 Å². The Kier molecular flexibility index (Phi) is 4.05. The average Bonchev–Trinajstić information content (AvgIpc) is 2.41. The number of thiol groups is 1. The molecule has 0 aliphatic carbocycles. The second kappa shape index (κ2) is 5.74. The highest BCUT2D eigenvalue weighted by Gasteiger charge is 2.21. The molecule has 3 heteroatoms. The van der Waals surface area contributed by atoms with Gasteiger partial charge in [0.1, 0.15) is 0 Å². The van der Waals surface area contributed by atoms with Crippen LogP contribution < -0.4 is 0 Å². The second-order valence-electron chi connectivity index (χ2n) is 4.09. The predicted molar refractivity (Wildman–Crippen MR) is 76.2 cm³/mol. The molecule has 0 aliphatic rings. The van der Waals surface area contributed by atoms with Crippen LogP contribution in [0.5, 0.6) is 0 Å². The zero-order valence-corrected chi connectivity index (χ0v) is 11.0. The van der Waals surface area contributed by atoms with E-state index in [2.05, 4.69) is 12.8 Å². The summed E-state index contributed by atoms with van der Waals surface area (Å²) >= 11 is 4.33. The van der Waals surface area contributed by atoms with Gasteiger partial charge in [0.2, 0.25) is 5.91 Å². The largest absolute Gasteiger partial charge is 0.277 e. The number of hydrogen-bond donors (Lipinski definition) is 1. The fraction of sp³-hybridized carbons (Fsp3) is 0.133. The molecule has 2 aromatic rings. The van der Waals surface area contributed by atoms with Crippen LogP contribution in [-0.2, 0) is 4.79 Å². The summed E-state index contributed by atoms with van der Waals surface area (Å²) < 4.78 is 1.46. The fourth-order valence-corrected chi connectivity index (χ4v) is 2.19. The molecule has 0 spiro atoms. The van der Waals surface area contributed by atoms with Crippen LogP contribution >= 0.6 is 12.8 Å². The van der Waals surface area contributed by atoms with Crippen LogP contribution in [0.3, 0.4) is 0 Å². The maximum Gasteiger partial charge on any atom is 0.230 e. The van der Waals surface area contributed by atoms with Gasteiger partial charge in [-0.1, -0.05) is 73.5 Å². The molecule has 2 rings (SSSR count). The van der Waals surface area contributed by atoms with E-state index in [1.165, 1.54) is 11.2 Å². The van der Waals surface area contributed by atoms with E-state index in [0.29, 0.717) is 0 Å². The molecule has 0 N–H and O–H groups in total. The van der Waals surface area contributed by atoms with Gasteiger partial charge in [-0.2, -0.15) is 0 Å². The van der Waals surface area contributed by atoms with Crippen molar-refractivity contribution in [1.82, 2.24) is 4.31 Å². The van der Waals surface area contributed by atoms with Crippen LogP contribution in [0.15, 0.2) is 60.7 Å². The van der Waals surface area contributed by atoms with Crippen molar-refractivity contribution in [1.29, 1.82) is 0 Å². The van der Waals surface area contributed by atoms with Gasteiger partial charge in [-0.25, -0.2) is 0 Å². The molecule has 0 fully saturated rings. The average molecular weight is 257 g/mol. The summed E-state index contributed by atoms with van der Waals surface area (Å²) in [7, 11) is 0. The molecule has 0 aliphatic heterocycles. The Morgan fingerprint density at radius 1 is 0.944 bits per heavy atom. The monoisotopic (exact) mass is 257 g/mol. The van der Waals surface area contributed by atoms with Gasteiger partial charge >= 0.3 is 0 Å². The molecule has 0 atom stereocenters. The first-order valence-electron chi connectivity index (χ1n) is 5.78. The predicted octanol–water partition coefficient (Wildman–Crippen LogP) is 3.47. The number of hydrogen-bond acceptors (Lipinski definition) is 2. The Morgan fingerprint density at radius 3 is 1.67 bits per heavy atom. The number of nitrogens with zero attached hydrogens (tertiary/aromatic N) is 1. The van der Waals surface area contributed by atoms with Crippen molar-refractivity contribution < 1.29 is 4.79 Å². The zero-order chi connectivity index (χ0) is 13.0. The number of amides is 1. The molecule has 2 aromatic carbocycles. The van der Waals surface area contributed by atoms with Crippen LogP contribution in [0.25, 0.3) is 0 Å². The highest BCUT2D eigenvalue weighted by Crippen LogP contribution is 2.29. The Morgan fingerprint density at radius 2 is 1.33 bits per heavy atom. The molecule has 0 saturated carbocycles. The van der Waals surface area contributed by atoms with Crippen molar-refractivity contribution >= 4 is 18.7 Å². The van der Waals surface area contributed by atoms with E-state index in [-0.39, 0.29) is 11.9 Å². The highest BCUT2D eigenvalue weighted by atomic mass is 32.1. The molecule has 0 saturated heterocycles. The molecule has 0 radical (unpaired) electrons. The molecule has 2 nitrogen and oxygen atoms in total. The van der Waals surface area contributed by atoms with E-state index in [9.17, 15) is 4.79 Å². The number of carbonyl (C=O) groups is 1. The summed E-state index contributed by atoms with van der Waals surface area (Å²) in [6.07, 6.45) is 0. The highest BCUT2D eigenvalue weighted by molar-refractivity contribution is 7.78. The minimum atomic E-state index is -0.159. The third-order valence-corrected chi connectivity index (χ3v) is 3.31. The van der Waals surface area contributed by atoms with Gasteiger partial charge < -0.3 is 0 Å².